The van der Waals surface area contributed by atoms with Crippen LogP contribution >= 0.6 is 0 Å². The lowest BCUT2D eigenvalue weighted by Gasteiger charge is -2.46. The smallest absolute Gasteiger partial charge is 0.115 e. The molecule has 1 aromatic rings. The molecule has 0 unspecified atom stereocenters. The molecular weight excluding hydrogens is 280 g/mol. The van der Waals surface area contributed by atoms with Crippen LogP contribution in [0.2, 0.25) is 0 Å². The Bertz CT molecular complexity index is 493. The van der Waals surface area contributed by atoms with Crippen LogP contribution in [0.4, 0.5) is 0 Å². The van der Waals surface area contributed by atoms with Crippen LogP contribution in [0.15, 0.2) is 18.2 Å². The van der Waals surface area contributed by atoms with Gasteiger partial charge in [0.1, 0.15) is 5.75 Å². The largest absolute Gasteiger partial charge is 0.508 e. The number of aromatic hydroxyl groups is 1. The third kappa shape index (κ3) is 3.92. The number of hydrogen-bond donors (Lipinski definition) is 1. The maximum absolute atomic E-state index is 9.88. The third-order valence-corrected chi connectivity index (χ3v) is 6.78. The zero-order valence-electron chi connectivity index (χ0n) is 14.9. The molecule has 1 N–H and O–H groups in total. The minimum Gasteiger partial charge on any atom is -0.508 e. The predicted octanol–water partition coefficient (Wildman–Crippen LogP) is 6.42. The number of phenolic OH excluding ortho intramolecular Hbond substituents is 1. The van der Waals surface area contributed by atoms with Gasteiger partial charge in [0.15, 0.2) is 0 Å². The van der Waals surface area contributed by atoms with Crippen LogP contribution in [0, 0.1) is 11.3 Å². The van der Waals surface area contributed by atoms with E-state index in [0.29, 0.717) is 11.2 Å². The molecule has 1 heteroatoms. The molecule has 0 atom stereocenters. The van der Waals surface area contributed by atoms with Gasteiger partial charge in [-0.3, -0.25) is 0 Å². The second-order valence-electron chi connectivity index (χ2n) is 8.06. The Balaban J connectivity index is 1.75. The number of hydrogen-bond acceptors (Lipinski definition) is 1. The van der Waals surface area contributed by atoms with Crippen LogP contribution < -0.4 is 0 Å². The Morgan fingerprint density at radius 3 is 2.35 bits per heavy atom. The van der Waals surface area contributed by atoms with Crippen molar-refractivity contribution in [3.63, 3.8) is 0 Å². The molecule has 0 aromatic heterocycles. The monoisotopic (exact) mass is 314 g/mol. The highest BCUT2D eigenvalue weighted by atomic mass is 16.3. The zero-order valence-corrected chi connectivity index (χ0v) is 14.9. The van der Waals surface area contributed by atoms with Gasteiger partial charge in [0.2, 0.25) is 0 Å². The summed E-state index contributed by atoms with van der Waals surface area (Å²) in [6.07, 6.45) is 18.1. The summed E-state index contributed by atoms with van der Waals surface area (Å²) in [5, 5.41) is 9.88. The average Bonchev–Trinajstić information content (AvgIpc) is 2.62. The Kier molecular flexibility index (Phi) is 5.67. The lowest BCUT2D eigenvalue weighted by Crippen LogP contribution is -2.35. The quantitative estimate of drug-likeness (QED) is 0.665. The van der Waals surface area contributed by atoms with Crippen molar-refractivity contribution in [2.75, 3.05) is 0 Å². The van der Waals surface area contributed by atoms with Crippen molar-refractivity contribution < 1.29 is 5.11 Å². The molecule has 2 aliphatic carbocycles. The summed E-state index contributed by atoms with van der Waals surface area (Å²) < 4.78 is 0. The van der Waals surface area contributed by atoms with Crippen LogP contribution in [-0.4, -0.2) is 5.11 Å². The van der Waals surface area contributed by atoms with Crippen molar-refractivity contribution in [3.05, 3.63) is 29.3 Å². The maximum Gasteiger partial charge on any atom is 0.115 e. The van der Waals surface area contributed by atoms with Crippen molar-refractivity contribution in [3.8, 4) is 5.75 Å². The molecule has 2 saturated carbocycles. The number of benzene rings is 1. The minimum absolute atomic E-state index is 0.438. The van der Waals surface area contributed by atoms with Gasteiger partial charge in [0.05, 0.1) is 0 Å². The summed E-state index contributed by atoms with van der Waals surface area (Å²) in [6, 6.07) is 5.99. The van der Waals surface area contributed by atoms with Gasteiger partial charge in [-0.05, 0) is 79.5 Å². The molecule has 0 bridgehead atoms. The number of phenols is 1. The molecule has 1 aromatic carbocycles. The molecule has 1 nitrogen and oxygen atoms in total. The van der Waals surface area contributed by atoms with Crippen LogP contribution in [0.5, 0.6) is 5.75 Å². The molecule has 2 fully saturated rings. The fourth-order valence-corrected chi connectivity index (χ4v) is 5.41. The van der Waals surface area contributed by atoms with Gasteiger partial charge in [0, 0.05) is 0 Å². The fourth-order valence-electron chi connectivity index (χ4n) is 5.41. The Hall–Kier alpha value is -0.980. The van der Waals surface area contributed by atoms with E-state index in [2.05, 4.69) is 13.0 Å². The van der Waals surface area contributed by atoms with Gasteiger partial charge < -0.3 is 5.11 Å². The first-order chi connectivity index (χ1) is 11.2. The van der Waals surface area contributed by atoms with E-state index in [1.807, 2.05) is 12.1 Å². The van der Waals surface area contributed by atoms with E-state index >= 15 is 0 Å². The number of rotatable bonds is 5. The van der Waals surface area contributed by atoms with E-state index in [9.17, 15) is 5.11 Å². The molecule has 0 radical (unpaired) electrons. The first-order valence-corrected chi connectivity index (χ1v) is 10.0. The molecule has 0 heterocycles. The van der Waals surface area contributed by atoms with Gasteiger partial charge in [-0.15, -0.1) is 0 Å². The van der Waals surface area contributed by atoms with E-state index in [0.717, 1.165) is 18.8 Å². The highest BCUT2D eigenvalue weighted by Crippen LogP contribution is 2.51. The van der Waals surface area contributed by atoms with Gasteiger partial charge in [-0.25, -0.2) is 0 Å². The zero-order chi connectivity index (χ0) is 16.1. The summed E-state index contributed by atoms with van der Waals surface area (Å²) in [7, 11) is 0. The normalized spacial score (nSPS) is 22.1. The second kappa shape index (κ2) is 7.73. The molecule has 23 heavy (non-hydrogen) atoms. The SMILES string of the molecule is CCc1ccc(O)cc1CCC1(C2CCCCC2)CCCCC1. The summed E-state index contributed by atoms with van der Waals surface area (Å²) in [4.78, 5) is 0. The van der Waals surface area contributed by atoms with Crippen molar-refractivity contribution in [1.29, 1.82) is 0 Å². The summed E-state index contributed by atoms with van der Waals surface area (Å²) in [5.41, 5.74) is 3.43. The van der Waals surface area contributed by atoms with E-state index in [1.165, 1.54) is 81.8 Å². The van der Waals surface area contributed by atoms with E-state index in [-0.39, 0.29) is 0 Å². The molecule has 0 amide bonds. The first-order valence-electron chi connectivity index (χ1n) is 10.0. The van der Waals surface area contributed by atoms with Crippen LogP contribution in [0.3, 0.4) is 0 Å². The summed E-state index contributed by atoms with van der Waals surface area (Å²) >= 11 is 0. The average molecular weight is 315 g/mol. The second-order valence-corrected chi connectivity index (χ2v) is 8.06. The standard InChI is InChI=1S/C22H34O/c1-2-18-11-12-21(23)17-19(18)13-16-22(14-7-4-8-15-22)20-9-5-3-6-10-20/h11-12,17,20,23H,2-10,13-16H2,1H3. The molecular formula is C22H34O. The van der Waals surface area contributed by atoms with Gasteiger partial charge in [-0.1, -0.05) is 51.5 Å². The van der Waals surface area contributed by atoms with Crippen molar-refractivity contribution in [1.82, 2.24) is 0 Å². The van der Waals surface area contributed by atoms with Gasteiger partial charge in [-0.2, -0.15) is 0 Å². The van der Waals surface area contributed by atoms with Crippen LogP contribution in [0.1, 0.15) is 88.7 Å². The summed E-state index contributed by atoms with van der Waals surface area (Å²) in [6.45, 7) is 2.23. The topological polar surface area (TPSA) is 20.2 Å². The Morgan fingerprint density at radius 2 is 1.65 bits per heavy atom. The lowest BCUT2D eigenvalue weighted by atomic mass is 9.59. The van der Waals surface area contributed by atoms with Gasteiger partial charge >= 0.3 is 0 Å². The molecule has 0 spiro atoms. The molecule has 0 saturated heterocycles. The lowest BCUT2D eigenvalue weighted by molar-refractivity contribution is 0.0577. The third-order valence-electron chi connectivity index (χ3n) is 6.78. The molecule has 0 aliphatic heterocycles. The van der Waals surface area contributed by atoms with E-state index < -0.39 is 0 Å². The number of aryl methyl sites for hydroxylation is 2. The molecule has 128 valence electrons. The fraction of sp³-hybridized carbons (Fsp3) is 0.727. The van der Waals surface area contributed by atoms with E-state index in [4.69, 9.17) is 0 Å². The molecule has 2 aliphatic rings. The minimum atomic E-state index is 0.438. The van der Waals surface area contributed by atoms with E-state index in [1.54, 1.807) is 0 Å². The van der Waals surface area contributed by atoms with Crippen LogP contribution in [-0.2, 0) is 12.8 Å². The maximum atomic E-state index is 9.88. The van der Waals surface area contributed by atoms with Crippen molar-refractivity contribution >= 4 is 0 Å². The highest BCUT2D eigenvalue weighted by molar-refractivity contribution is 5.35. The van der Waals surface area contributed by atoms with Crippen molar-refractivity contribution in [2.45, 2.75) is 90.4 Å². The van der Waals surface area contributed by atoms with Gasteiger partial charge in [0.25, 0.3) is 0 Å². The van der Waals surface area contributed by atoms with Crippen LogP contribution in [0.25, 0.3) is 0 Å². The first kappa shape index (κ1) is 16.9. The Morgan fingerprint density at radius 1 is 0.957 bits per heavy atom. The van der Waals surface area contributed by atoms with Crippen molar-refractivity contribution in [2.24, 2.45) is 11.3 Å². The summed E-state index contributed by atoms with van der Waals surface area (Å²) in [5.74, 6) is 1.41. The molecule has 3 rings (SSSR count). The highest BCUT2D eigenvalue weighted by Gasteiger charge is 2.39. The predicted molar refractivity (Wildman–Crippen MR) is 97.9 cm³/mol. The Labute approximate surface area is 142 Å².